The van der Waals surface area contributed by atoms with Crippen LogP contribution in [0.4, 0.5) is 0 Å². The van der Waals surface area contributed by atoms with Crippen LogP contribution in [0.1, 0.15) is 12.8 Å². The number of ether oxygens (including phenoxy) is 1. The summed E-state index contributed by atoms with van der Waals surface area (Å²) >= 11 is 0. The Kier molecular flexibility index (Phi) is 1.94. The van der Waals surface area contributed by atoms with Gasteiger partial charge in [-0.25, -0.2) is 0 Å². The summed E-state index contributed by atoms with van der Waals surface area (Å²) in [6.07, 6.45) is 5.02. The SMILES string of the molecule is COC(=O)[C@H]1C[C@H]2C=CC(=O)[C@H]2C1. The van der Waals surface area contributed by atoms with Gasteiger partial charge in [-0.3, -0.25) is 9.59 Å². The molecule has 0 aliphatic heterocycles. The van der Waals surface area contributed by atoms with Gasteiger partial charge in [-0.1, -0.05) is 6.08 Å². The van der Waals surface area contributed by atoms with Crippen LogP contribution in [0, 0.1) is 17.8 Å². The predicted molar refractivity (Wildman–Crippen MR) is 45.9 cm³/mol. The van der Waals surface area contributed by atoms with Crippen LogP contribution in [0.25, 0.3) is 0 Å². The van der Waals surface area contributed by atoms with Crippen LogP contribution in [-0.2, 0) is 14.3 Å². The zero-order valence-corrected chi connectivity index (χ0v) is 7.53. The molecule has 0 N–H and O–H groups in total. The van der Waals surface area contributed by atoms with Crippen LogP contribution >= 0.6 is 0 Å². The van der Waals surface area contributed by atoms with E-state index in [0.29, 0.717) is 6.42 Å². The molecule has 70 valence electrons. The number of ketones is 1. The summed E-state index contributed by atoms with van der Waals surface area (Å²) in [6.45, 7) is 0. The standard InChI is InChI=1S/C10H12O3/c1-13-10(12)7-4-6-2-3-9(11)8(6)5-7/h2-3,6-8H,4-5H2,1H3/t6-,7+,8+/m1/s1. The van der Waals surface area contributed by atoms with Crippen LogP contribution in [0.15, 0.2) is 12.2 Å². The minimum absolute atomic E-state index is 0.0594. The lowest BCUT2D eigenvalue weighted by molar-refractivity contribution is -0.145. The Morgan fingerprint density at radius 1 is 1.54 bits per heavy atom. The molecule has 0 radical (unpaired) electrons. The molecule has 0 aromatic carbocycles. The Balaban J connectivity index is 2.06. The lowest BCUT2D eigenvalue weighted by atomic mass is 9.99. The highest BCUT2D eigenvalue weighted by atomic mass is 16.5. The minimum Gasteiger partial charge on any atom is -0.469 e. The van der Waals surface area contributed by atoms with Gasteiger partial charge in [-0.2, -0.15) is 0 Å². The number of carbonyl (C=O) groups excluding carboxylic acids is 2. The van der Waals surface area contributed by atoms with E-state index in [2.05, 4.69) is 4.74 Å². The first-order chi connectivity index (χ1) is 6.22. The van der Waals surface area contributed by atoms with Gasteiger partial charge in [-0.15, -0.1) is 0 Å². The quantitative estimate of drug-likeness (QED) is 0.564. The van der Waals surface area contributed by atoms with Crippen molar-refractivity contribution in [3.8, 4) is 0 Å². The van der Waals surface area contributed by atoms with E-state index >= 15 is 0 Å². The third kappa shape index (κ3) is 1.28. The van der Waals surface area contributed by atoms with Gasteiger partial charge in [0.15, 0.2) is 5.78 Å². The average molecular weight is 180 g/mol. The van der Waals surface area contributed by atoms with E-state index in [4.69, 9.17) is 0 Å². The first-order valence-electron chi connectivity index (χ1n) is 4.52. The third-order valence-electron chi connectivity index (χ3n) is 3.02. The van der Waals surface area contributed by atoms with Crippen LogP contribution in [0.5, 0.6) is 0 Å². The van der Waals surface area contributed by atoms with Crippen molar-refractivity contribution in [2.45, 2.75) is 12.8 Å². The van der Waals surface area contributed by atoms with Crippen LogP contribution < -0.4 is 0 Å². The highest BCUT2D eigenvalue weighted by molar-refractivity contribution is 5.95. The van der Waals surface area contributed by atoms with E-state index < -0.39 is 0 Å². The van der Waals surface area contributed by atoms with Gasteiger partial charge in [-0.05, 0) is 24.8 Å². The van der Waals surface area contributed by atoms with Gasteiger partial charge in [0.05, 0.1) is 13.0 Å². The van der Waals surface area contributed by atoms with E-state index in [9.17, 15) is 9.59 Å². The number of rotatable bonds is 1. The molecule has 0 heterocycles. The Labute approximate surface area is 76.8 Å². The van der Waals surface area contributed by atoms with Crippen molar-refractivity contribution in [2.75, 3.05) is 7.11 Å². The zero-order chi connectivity index (χ0) is 9.42. The first kappa shape index (κ1) is 8.48. The highest BCUT2D eigenvalue weighted by Crippen LogP contribution is 2.41. The lowest BCUT2D eigenvalue weighted by Crippen LogP contribution is -2.14. The average Bonchev–Trinajstić information content (AvgIpc) is 2.67. The summed E-state index contributed by atoms with van der Waals surface area (Å²) in [7, 11) is 1.40. The van der Waals surface area contributed by atoms with E-state index in [1.807, 2.05) is 6.08 Å². The molecule has 0 bridgehead atoms. The molecule has 0 saturated heterocycles. The summed E-state index contributed by atoms with van der Waals surface area (Å²) < 4.78 is 4.66. The maximum Gasteiger partial charge on any atom is 0.308 e. The fraction of sp³-hybridized carbons (Fsp3) is 0.600. The number of carbonyl (C=O) groups is 2. The van der Waals surface area contributed by atoms with Crippen molar-refractivity contribution < 1.29 is 14.3 Å². The molecule has 2 rings (SSSR count). The van der Waals surface area contributed by atoms with Crippen molar-refractivity contribution in [3.05, 3.63) is 12.2 Å². The Morgan fingerprint density at radius 3 is 2.92 bits per heavy atom. The smallest absolute Gasteiger partial charge is 0.308 e. The minimum atomic E-state index is -0.171. The molecule has 2 aliphatic carbocycles. The molecule has 3 atom stereocenters. The van der Waals surface area contributed by atoms with Crippen LogP contribution in [0.2, 0.25) is 0 Å². The maximum atomic E-state index is 11.3. The van der Waals surface area contributed by atoms with E-state index in [1.165, 1.54) is 7.11 Å². The van der Waals surface area contributed by atoms with Crippen molar-refractivity contribution in [3.63, 3.8) is 0 Å². The summed E-state index contributed by atoms with van der Waals surface area (Å²) in [5, 5.41) is 0. The molecule has 0 unspecified atom stereocenters. The molecule has 3 nitrogen and oxygen atoms in total. The molecular weight excluding hydrogens is 168 g/mol. The molecule has 0 amide bonds. The Bertz CT molecular complexity index is 280. The molecule has 2 aliphatic rings. The van der Waals surface area contributed by atoms with Gasteiger partial charge in [0, 0.05) is 5.92 Å². The fourth-order valence-corrected chi connectivity index (χ4v) is 2.31. The van der Waals surface area contributed by atoms with E-state index in [1.54, 1.807) is 6.08 Å². The van der Waals surface area contributed by atoms with Crippen LogP contribution in [-0.4, -0.2) is 18.9 Å². The first-order valence-corrected chi connectivity index (χ1v) is 4.52. The Hall–Kier alpha value is -1.12. The van der Waals surface area contributed by atoms with Gasteiger partial charge in [0.1, 0.15) is 0 Å². The molecule has 0 aromatic rings. The third-order valence-corrected chi connectivity index (χ3v) is 3.02. The van der Waals surface area contributed by atoms with Gasteiger partial charge in [0.2, 0.25) is 0 Å². The molecule has 1 saturated carbocycles. The molecule has 3 heteroatoms. The highest BCUT2D eigenvalue weighted by Gasteiger charge is 2.42. The Morgan fingerprint density at radius 2 is 2.31 bits per heavy atom. The second-order valence-corrected chi connectivity index (χ2v) is 3.72. The summed E-state index contributed by atoms with van der Waals surface area (Å²) in [5.41, 5.74) is 0. The van der Waals surface area contributed by atoms with E-state index in [0.717, 1.165) is 6.42 Å². The number of esters is 1. The number of allylic oxidation sites excluding steroid dienone is 2. The summed E-state index contributed by atoms with van der Waals surface area (Å²) in [5.74, 6) is 0.293. The number of fused-ring (bicyclic) bond motifs is 1. The monoisotopic (exact) mass is 180 g/mol. The molecule has 0 aromatic heterocycles. The summed E-state index contributed by atoms with van der Waals surface area (Å²) in [4.78, 5) is 22.5. The second-order valence-electron chi connectivity index (χ2n) is 3.72. The zero-order valence-electron chi connectivity index (χ0n) is 7.53. The maximum absolute atomic E-state index is 11.3. The van der Waals surface area contributed by atoms with Gasteiger partial charge in [0.25, 0.3) is 0 Å². The summed E-state index contributed by atoms with van der Waals surface area (Å²) in [6, 6.07) is 0. The number of hydrogen-bond acceptors (Lipinski definition) is 3. The predicted octanol–water partition coefficient (Wildman–Crippen LogP) is 0.941. The molecule has 0 spiro atoms. The second kappa shape index (κ2) is 2.98. The molecule has 13 heavy (non-hydrogen) atoms. The number of hydrogen-bond donors (Lipinski definition) is 0. The van der Waals surface area contributed by atoms with Crippen molar-refractivity contribution in [1.82, 2.24) is 0 Å². The van der Waals surface area contributed by atoms with Crippen molar-refractivity contribution in [1.29, 1.82) is 0 Å². The van der Waals surface area contributed by atoms with Gasteiger partial charge >= 0.3 is 5.97 Å². The van der Waals surface area contributed by atoms with Gasteiger partial charge < -0.3 is 4.74 Å². The normalized spacial score (nSPS) is 36.4. The van der Waals surface area contributed by atoms with Crippen molar-refractivity contribution >= 4 is 11.8 Å². The molecule has 1 fully saturated rings. The van der Waals surface area contributed by atoms with Crippen molar-refractivity contribution in [2.24, 2.45) is 17.8 Å². The lowest BCUT2D eigenvalue weighted by Gasteiger charge is -2.05. The topological polar surface area (TPSA) is 43.4 Å². The number of methoxy groups -OCH3 is 1. The fourth-order valence-electron chi connectivity index (χ4n) is 2.31. The molecular formula is C10H12O3. The largest absolute Gasteiger partial charge is 0.469 e. The van der Waals surface area contributed by atoms with E-state index in [-0.39, 0.29) is 29.5 Å². The van der Waals surface area contributed by atoms with Crippen LogP contribution in [0.3, 0.4) is 0 Å².